The minimum atomic E-state index is 0.116. The largest absolute Gasteiger partial charge is 0.492 e. The molecule has 0 amide bonds. The maximum Gasteiger partial charge on any atom is 0.242 e. The fraction of sp³-hybridized carbons (Fsp3) is 0.333. The average molecular weight is 225 g/mol. The second-order valence-corrected chi connectivity index (χ2v) is 2.27. The van der Waals surface area contributed by atoms with Crippen LogP contribution in [0.15, 0.2) is 0 Å². The molecule has 0 saturated carbocycles. The first-order valence-electron chi connectivity index (χ1n) is 1.99. The van der Waals surface area contributed by atoms with Crippen LogP contribution < -0.4 is 0 Å². The Bertz CT molecular complexity index is 177. The van der Waals surface area contributed by atoms with Crippen LogP contribution in [0.25, 0.3) is 0 Å². The van der Waals surface area contributed by atoms with Crippen molar-refractivity contribution in [1.29, 1.82) is 0 Å². The molecule has 1 rings (SSSR count). The third kappa shape index (κ3) is 0.770. The van der Waals surface area contributed by atoms with Crippen LogP contribution in [0.1, 0.15) is 5.69 Å². The molecule has 0 aliphatic heterocycles. The molecule has 0 aromatic carbocycles. The van der Waals surface area contributed by atoms with Gasteiger partial charge in [0.1, 0.15) is 5.69 Å². The topological polar surface area (TPSA) is 50.9 Å². The Hall–Kier alpha value is -0.330. The van der Waals surface area contributed by atoms with E-state index in [9.17, 15) is 0 Å². The Morgan fingerprint density at radius 2 is 2.38 bits per heavy atom. The quantitative estimate of drug-likeness (QED) is 0.653. The lowest BCUT2D eigenvalue weighted by atomic mass is 10.5. The van der Waals surface area contributed by atoms with Crippen LogP contribution in [0.2, 0.25) is 0 Å². The van der Waals surface area contributed by atoms with E-state index >= 15 is 0 Å². The van der Waals surface area contributed by atoms with Crippen molar-refractivity contribution in [1.82, 2.24) is 13.2 Å². The molecule has 44 valence electrons. The van der Waals surface area contributed by atoms with E-state index in [0.29, 0.717) is 5.69 Å². The second-order valence-electron chi connectivity index (χ2n) is 1.36. The summed E-state index contributed by atoms with van der Waals surface area (Å²) in [7, 11) is 0. The Morgan fingerprint density at radius 3 is 2.50 bits per heavy atom. The van der Waals surface area contributed by atoms with Crippen LogP contribution >= 0.6 is 22.9 Å². The van der Waals surface area contributed by atoms with Gasteiger partial charge in [-0.1, -0.05) is 5.21 Å². The van der Waals surface area contributed by atoms with Crippen molar-refractivity contribution in [2.75, 3.05) is 0 Å². The Morgan fingerprint density at radius 1 is 1.75 bits per heavy atom. The predicted molar refractivity (Wildman–Crippen MR) is 35.8 cm³/mol. The molecule has 0 atom stereocenters. The van der Waals surface area contributed by atoms with Crippen LogP contribution in [0.5, 0.6) is 5.88 Å². The summed E-state index contributed by atoms with van der Waals surface area (Å²) < 4.78 is 1.28. The van der Waals surface area contributed by atoms with Gasteiger partial charge in [0.05, 0.1) is 22.9 Å². The fourth-order valence-corrected chi connectivity index (χ4v) is 0.773. The third-order valence-corrected chi connectivity index (χ3v) is 1.42. The minimum Gasteiger partial charge on any atom is -0.492 e. The van der Waals surface area contributed by atoms with Gasteiger partial charge in [0.25, 0.3) is 0 Å². The summed E-state index contributed by atoms with van der Waals surface area (Å²) in [6, 6.07) is 0. The number of halogens is 1. The van der Waals surface area contributed by atoms with Crippen molar-refractivity contribution in [3.63, 3.8) is 0 Å². The SMILES string of the molecule is Cc1nnn(I)c1O. The number of hydrogen-bond donors (Lipinski definition) is 1. The molecular weight excluding hydrogens is 221 g/mol. The number of nitrogens with zero attached hydrogens (tertiary/aromatic N) is 3. The molecule has 1 aromatic rings. The zero-order valence-electron chi connectivity index (χ0n) is 4.17. The molecule has 4 nitrogen and oxygen atoms in total. The lowest BCUT2D eigenvalue weighted by Crippen LogP contribution is -1.78. The van der Waals surface area contributed by atoms with E-state index in [4.69, 9.17) is 5.11 Å². The molecule has 0 spiro atoms. The van der Waals surface area contributed by atoms with Gasteiger partial charge in [-0.2, -0.15) is 2.90 Å². The van der Waals surface area contributed by atoms with Crippen LogP contribution in [0.4, 0.5) is 0 Å². The van der Waals surface area contributed by atoms with E-state index < -0.39 is 0 Å². The van der Waals surface area contributed by atoms with E-state index in [1.54, 1.807) is 6.92 Å². The number of aryl methyl sites for hydroxylation is 1. The zero-order valence-corrected chi connectivity index (χ0v) is 6.32. The summed E-state index contributed by atoms with van der Waals surface area (Å²) in [6.45, 7) is 1.69. The van der Waals surface area contributed by atoms with Crippen molar-refractivity contribution >= 4 is 22.9 Å². The smallest absolute Gasteiger partial charge is 0.242 e. The van der Waals surface area contributed by atoms with Crippen LogP contribution in [0.3, 0.4) is 0 Å². The van der Waals surface area contributed by atoms with E-state index in [-0.39, 0.29) is 5.88 Å². The van der Waals surface area contributed by atoms with Gasteiger partial charge in [-0.05, 0) is 6.92 Å². The van der Waals surface area contributed by atoms with E-state index in [1.165, 1.54) is 2.90 Å². The van der Waals surface area contributed by atoms with Gasteiger partial charge in [-0.3, -0.25) is 0 Å². The van der Waals surface area contributed by atoms with Gasteiger partial charge >= 0.3 is 0 Å². The van der Waals surface area contributed by atoms with Crippen LogP contribution in [0, 0.1) is 6.92 Å². The van der Waals surface area contributed by atoms with E-state index in [0.717, 1.165) is 0 Å². The highest BCUT2D eigenvalue weighted by molar-refractivity contribution is 14.1. The first-order valence-corrected chi connectivity index (χ1v) is 2.95. The van der Waals surface area contributed by atoms with Crippen molar-refractivity contribution in [3.05, 3.63) is 5.69 Å². The molecule has 0 fully saturated rings. The normalized spacial score (nSPS) is 9.75. The van der Waals surface area contributed by atoms with Crippen molar-refractivity contribution in [2.45, 2.75) is 6.92 Å². The Labute approximate surface area is 60.0 Å². The molecule has 1 aromatic heterocycles. The average Bonchev–Trinajstić information content (AvgIpc) is 1.98. The summed E-state index contributed by atoms with van der Waals surface area (Å²) in [5.74, 6) is 0.116. The molecule has 0 radical (unpaired) electrons. The molecule has 0 aliphatic rings. The predicted octanol–water partition coefficient (Wildman–Crippen LogP) is 0.490. The molecule has 1 N–H and O–H groups in total. The highest BCUT2D eigenvalue weighted by Crippen LogP contribution is 2.12. The monoisotopic (exact) mass is 225 g/mol. The van der Waals surface area contributed by atoms with Gasteiger partial charge < -0.3 is 5.11 Å². The highest BCUT2D eigenvalue weighted by atomic mass is 127. The van der Waals surface area contributed by atoms with Crippen LogP contribution in [-0.4, -0.2) is 18.3 Å². The van der Waals surface area contributed by atoms with Gasteiger partial charge in [0.2, 0.25) is 5.88 Å². The second kappa shape index (κ2) is 1.88. The summed E-state index contributed by atoms with van der Waals surface area (Å²) >= 11 is 1.84. The minimum absolute atomic E-state index is 0.116. The van der Waals surface area contributed by atoms with Gasteiger partial charge in [0.15, 0.2) is 0 Å². The highest BCUT2D eigenvalue weighted by Gasteiger charge is 2.01. The molecule has 8 heavy (non-hydrogen) atoms. The first kappa shape index (κ1) is 5.80. The molecule has 1 heterocycles. The lowest BCUT2D eigenvalue weighted by Gasteiger charge is -1.83. The number of aromatic nitrogens is 3. The summed E-state index contributed by atoms with van der Waals surface area (Å²) in [5.41, 5.74) is 0.555. The van der Waals surface area contributed by atoms with E-state index in [1.807, 2.05) is 22.9 Å². The summed E-state index contributed by atoms with van der Waals surface area (Å²) in [6.07, 6.45) is 0. The lowest BCUT2D eigenvalue weighted by molar-refractivity contribution is 0.445. The molecule has 5 heteroatoms. The maximum absolute atomic E-state index is 8.88. The number of rotatable bonds is 0. The number of hydrogen-bond acceptors (Lipinski definition) is 3. The van der Waals surface area contributed by atoms with Gasteiger partial charge in [0, 0.05) is 0 Å². The molecule has 0 aliphatic carbocycles. The fourth-order valence-electron chi connectivity index (χ4n) is 0.327. The molecular formula is C3H4IN3O. The third-order valence-electron chi connectivity index (χ3n) is 0.772. The Kier molecular flexibility index (Phi) is 1.37. The summed E-state index contributed by atoms with van der Waals surface area (Å²) in [5, 5.41) is 16.0. The van der Waals surface area contributed by atoms with Gasteiger partial charge in [-0.25, -0.2) is 0 Å². The summed E-state index contributed by atoms with van der Waals surface area (Å²) in [4.78, 5) is 0. The molecule has 0 unspecified atom stereocenters. The molecule has 0 bridgehead atoms. The van der Waals surface area contributed by atoms with Crippen molar-refractivity contribution in [3.8, 4) is 5.88 Å². The van der Waals surface area contributed by atoms with E-state index in [2.05, 4.69) is 10.3 Å². The van der Waals surface area contributed by atoms with Crippen molar-refractivity contribution in [2.24, 2.45) is 0 Å². The standard InChI is InChI=1S/C3H4IN3O/c1-2-3(8)7(4)6-5-2/h8H,1H3. The van der Waals surface area contributed by atoms with Crippen LogP contribution in [-0.2, 0) is 0 Å². The van der Waals surface area contributed by atoms with Gasteiger partial charge in [-0.15, -0.1) is 5.10 Å². The molecule has 0 saturated heterocycles. The maximum atomic E-state index is 8.88. The first-order chi connectivity index (χ1) is 3.72. The zero-order chi connectivity index (χ0) is 6.15. The Balaban J connectivity index is 3.19. The van der Waals surface area contributed by atoms with Crippen molar-refractivity contribution < 1.29 is 5.11 Å². The number of aromatic hydroxyl groups is 1.